The van der Waals surface area contributed by atoms with Gasteiger partial charge in [-0.05, 0) is 33.6 Å². The fourth-order valence-electron chi connectivity index (χ4n) is 2.53. The van der Waals surface area contributed by atoms with E-state index in [2.05, 4.69) is 34.5 Å². The molecule has 2 heterocycles. The molecule has 114 valence electrons. The highest BCUT2D eigenvalue weighted by molar-refractivity contribution is 6.05. The monoisotopic (exact) mass is 289 g/mol. The van der Waals surface area contributed by atoms with E-state index in [0.29, 0.717) is 11.4 Å². The molecule has 0 aromatic carbocycles. The smallest absolute Gasteiger partial charge is 0.260 e. The summed E-state index contributed by atoms with van der Waals surface area (Å²) in [6, 6.07) is 0. The van der Waals surface area contributed by atoms with Crippen molar-refractivity contribution >= 4 is 11.7 Å². The number of hydrogen-bond acceptors (Lipinski definition) is 3. The summed E-state index contributed by atoms with van der Waals surface area (Å²) >= 11 is 0. The first kappa shape index (κ1) is 15.3. The molecule has 2 N–H and O–H groups in total. The fourth-order valence-corrected chi connectivity index (χ4v) is 2.53. The van der Waals surface area contributed by atoms with Crippen molar-refractivity contribution in [2.24, 2.45) is 0 Å². The van der Waals surface area contributed by atoms with Crippen LogP contribution in [-0.2, 0) is 13.0 Å². The second-order valence-corrected chi connectivity index (χ2v) is 5.25. The minimum Gasteiger partial charge on any atom is -0.305 e. The SMILES string of the molecule is CCCn1nc(C)c(C(=O)Nc2n[nH]c(CC)c2C)c1C. The molecular weight excluding hydrogens is 266 g/mol. The molecule has 0 aliphatic carbocycles. The summed E-state index contributed by atoms with van der Waals surface area (Å²) in [7, 11) is 0. The zero-order valence-corrected chi connectivity index (χ0v) is 13.4. The maximum atomic E-state index is 12.5. The van der Waals surface area contributed by atoms with Crippen LogP contribution in [0.15, 0.2) is 0 Å². The Morgan fingerprint density at radius 3 is 2.57 bits per heavy atom. The highest BCUT2D eigenvalue weighted by Crippen LogP contribution is 2.19. The second kappa shape index (κ2) is 6.11. The van der Waals surface area contributed by atoms with Crippen LogP contribution in [0, 0.1) is 20.8 Å². The van der Waals surface area contributed by atoms with Crippen molar-refractivity contribution in [3.8, 4) is 0 Å². The van der Waals surface area contributed by atoms with Crippen molar-refractivity contribution in [1.29, 1.82) is 0 Å². The minimum absolute atomic E-state index is 0.149. The van der Waals surface area contributed by atoms with Crippen molar-refractivity contribution in [3.05, 3.63) is 28.2 Å². The number of aromatic nitrogens is 4. The van der Waals surface area contributed by atoms with Gasteiger partial charge in [-0.1, -0.05) is 13.8 Å². The van der Waals surface area contributed by atoms with Gasteiger partial charge in [-0.2, -0.15) is 10.2 Å². The second-order valence-electron chi connectivity index (χ2n) is 5.25. The summed E-state index contributed by atoms with van der Waals surface area (Å²) in [4.78, 5) is 12.5. The topological polar surface area (TPSA) is 75.6 Å². The number of H-pyrrole nitrogens is 1. The number of rotatable bonds is 5. The molecule has 0 bridgehead atoms. The molecule has 6 heteroatoms. The molecule has 0 unspecified atom stereocenters. The average Bonchev–Trinajstić information content (AvgIpc) is 2.92. The Labute approximate surface area is 124 Å². The minimum atomic E-state index is -0.149. The number of carbonyl (C=O) groups is 1. The van der Waals surface area contributed by atoms with E-state index in [1.165, 1.54) is 0 Å². The maximum absolute atomic E-state index is 12.5. The largest absolute Gasteiger partial charge is 0.305 e. The van der Waals surface area contributed by atoms with Gasteiger partial charge >= 0.3 is 0 Å². The van der Waals surface area contributed by atoms with Gasteiger partial charge in [-0.25, -0.2) is 0 Å². The van der Waals surface area contributed by atoms with E-state index < -0.39 is 0 Å². The van der Waals surface area contributed by atoms with E-state index in [-0.39, 0.29) is 5.91 Å². The Bertz CT molecular complexity index is 653. The van der Waals surface area contributed by atoms with Crippen LogP contribution in [0.2, 0.25) is 0 Å². The third kappa shape index (κ3) is 2.84. The van der Waals surface area contributed by atoms with Gasteiger partial charge in [0.05, 0.1) is 11.3 Å². The van der Waals surface area contributed by atoms with Crippen molar-refractivity contribution < 1.29 is 4.79 Å². The first-order chi connectivity index (χ1) is 9.99. The molecule has 21 heavy (non-hydrogen) atoms. The summed E-state index contributed by atoms with van der Waals surface area (Å²) < 4.78 is 1.89. The molecule has 0 saturated heterocycles. The molecule has 0 aliphatic heterocycles. The van der Waals surface area contributed by atoms with Gasteiger partial charge in [0.15, 0.2) is 5.82 Å². The van der Waals surface area contributed by atoms with Crippen LogP contribution in [0.5, 0.6) is 0 Å². The quantitative estimate of drug-likeness (QED) is 0.888. The van der Waals surface area contributed by atoms with E-state index in [0.717, 1.165) is 42.0 Å². The van der Waals surface area contributed by atoms with Gasteiger partial charge in [0.25, 0.3) is 5.91 Å². The predicted octanol–water partition coefficient (Wildman–Crippen LogP) is 2.76. The lowest BCUT2D eigenvalue weighted by Crippen LogP contribution is -2.15. The molecule has 0 saturated carbocycles. The van der Waals surface area contributed by atoms with Crippen LogP contribution < -0.4 is 5.32 Å². The molecule has 0 aliphatic rings. The van der Waals surface area contributed by atoms with E-state index in [1.54, 1.807) is 0 Å². The number of amides is 1. The number of hydrogen-bond donors (Lipinski definition) is 2. The van der Waals surface area contributed by atoms with Gasteiger partial charge in [-0.3, -0.25) is 14.6 Å². The van der Waals surface area contributed by atoms with Crippen LogP contribution in [0.4, 0.5) is 5.82 Å². The van der Waals surface area contributed by atoms with Gasteiger partial charge < -0.3 is 5.32 Å². The van der Waals surface area contributed by atoms with Crippen LogP contribution in [-0.4, -0.2) is 25.9 Å². The first-order valence-electron chi connectivity index (χ1n) is 7.38. The Morgan fingerprint density at radius 1 is 1.29 bits per heavy atom. The summed E-state index contributed by atoms with van der Waals surface area (Å²) in [6.45, 7) is 10.7. The summed E-state index contributed by atoms with van der Waals surface area (Å²) in [5, 5.41) is 14.4. The Balaban J connectivity index is 2.26. The normalized spacial score (nSPS) is 10.9. The molecule has 0 spiro atoms. The van der Waals surface area contributed by atoms with Gasteiger partial charge in [0.2, 0.25) is 0 Å². The molecule has 1 amide bonds. The lowest BCUT2D eigenvalue weighted by atomic mass is 10.1. The molecule has 0 fully saturated rings. The van der Waals surface area contributed by atoms with E-state index >= 15 is 0 Å². The van der Waals surface area contributed by atoms with Crippen LogP contribution in [0.3, 0.4) is 0 Å². The first-order valence-corrected chi connectivity index (χ1v) is 7.38. The number of aryl methyl sites for hydroxylation is 3. The summed E-state index contributed by atoms with van der Waals surface area (Å²) in [6.07, 6.45) is 1.85. The number of aromatic amines is 1. The molecule has 0 atom stereocenters. The van der Waals surface area contributed by atoms with Gasteiger partial charge in [0, 0.05) is 23.5 Å². The maximum Gasteiger partial charge on any atom is 0.260 e. The predicted molar refractivity (Wildman–Crippen MR) is 82.6 cm³/mol. The van der Waals surface area contributed by atoms with Gasteiger partial charge in [0.1, 0.15) is 0 Å². The van der Waals surface area contributed by atoms with Gasteiger partial charge in [-0.15, -0.1) is 0 Å². The molecule has 6 nitrogen and oxygen atoms in total. The van der Waals surface area contributed by atoms with Crippen LogP contribution >= 0.6 is 0 Å². The summed E-state index contributed by atoms with van der Waals surface area (Å²) in [5.74, 6) is 0.448. The molecule has 2 rings (SSSR count). The van der Waals surface area contributed by atoms with E-state index in [9.17, 15) is 4.79 Å². The van der Waals surface area contributed by atoms with Crippen molar-refractivity contribution in [1.82, 2.24) is 20.0 Å². The molecular formula is C15H23N5O. The van der Waals surface area contributed by atoms with E-state index in [1.807, 2.05) is 25.5 Å². The van der Waals surface area contributed by atoms with Crippen molar-refractivity contribution in [3.63, 3.8) is 0 Å². The Morgan fingerprint density at radius 2 is 2.00 bits per heavy atom. The Kier molecular flexibility index (Phi) is 4.45. The fraction of sp³-hybridized carbons (Fsp3) is 0.533. The van der Waals surface area contributed by atoms with Crippen molar-refractivity contribution in [2.45, 2.75) is 54.0 Å². The highest BCUT2D eigenvalue weighted by atomic mass is 16.1. The number of anilines is 1. The average molecular weight is 289 g/mol. The lowest BCUT2D eigenvalue weighted by Gasteiger charge is -2.05. The van der Waals surface area contributed by atoms with Crippen molar-refractivity contribution in [2.75, 3.05) is 5.32 Å². The van der Waals surface area contributed by atoms with Crippen LogP contribution in [0.25, 0.3) is 0 Å². The molecule has 2 aromatic rings. The Hall–Kier alpha value is -2.11. The number of nitrogens with one attached hydrogen (secondary N) is 2. The molecule has 0 radical (unpaired) electrons. The standard InChI is InChI=1S/C15H23N5O/c1-6-8-20-11(5)13(10(4)19-20)15(21)16-14-9(3)12(7-2)17-18-14/h6-8H2,1-5H3,(H2,16,17,18,21). The number of nitrogens with zero attached hydrogens (tertiary/aromatic N) is 3. The summed E-state index contributed by atoms with van der Waals surface area (Å²) in [5.41, 5.74) is 4.32. The number of carbonyl (C=O) groups excluding carboxylic acids is 1. The molecule has 2 aromatic heterocycles. The van der Waals surface area contributed by atoms with Crippen LogP contribution in [0.1, 0.15) is 53.3 Å². The zero-order valence-electron chi connectivity index (χ0n) is 13.4. The van der Waals surface area contributed by atoms with E-state index in [4.69, 9.17) is 0 Å². The third-order valence-corrected chi connectivity index (χ3v) is 3.74. The highest BCUT2D eigenvalue weighted by Gasteiger charge is 2.20. The zero-order chi connectivity index (χ0) is 15.6. The lowest BCUT2D eigenvalue weighted by molar-refractivity contribution is 0.102. The third-order valence-electron chi connectivity index (χ3n) is 3.74.